The lowest BCUT2D eigenvalue weighted by atomic mass is 10.1. The molecule has 3 nitrogen and oxygen atoms in total. The van der Waals surface area contributed by atoms with Crippen LogP contribution in [0.4, 0.5) is 5.69 Å². The summed E-state index contributed by atoms with van der Waals surface area (Å²) in [7, 11) is 0. The second-order valence-electron chi connectivity index (χ2n) is 4.85. The Kier molecular flexibility index (Phi) is 3.88. The largest absolute Gasteiger partial charge is 0.486 e. The van der Waals surface area contributed by atoms with Crippen molar-refractivity contribution in [1.29, 1.82) is 0 Å². The molecule has 106 valence electrons. The lowest BCUT2D eigenvalue weighted by Crippen LogP contribution is -1.94. The summed E-state index contributed by atoms with van der Waals surface area (Å²) in [6, 6.07) is 15.8. The highest BCUT2D eigenvalue weighted by Crippen LogP contribution is 2.23. The molecule has 0 saturated carbocycles. The van der Waals surface area contributed by atoms with Crippen molar-refractivity contribution >= 4 is 17.0 Å². The molecule has 0 aliphatic carbocycles. The number of aryl methyl sites for hydroxylation is 1. The molecule has 0 spiro atoms. The van der Waals surface area contributed by atoms with E-state index in [4.69, 9.17) is 10.5 Å². The quantitative estimate of drug-likeness (QED) is 0.731. The number of anilines is 1. The lowest BCUT2D eigenvalue weighted by molar-refractivity contribution is 0.305. The van der Waals surface area contributed by atoms with Gasteiger partial charge in [-0.05, 0) is 31.2 Å². The Bertz CT molecular complexity index is 717. The van der Waals surface area contributed by atoms with Crippen LogP contribution in [0.5, 0.6) is 5.75 Å². The number of hydrogen-bond donors (Lipinski definition) is 1. The van der Waals surface area contributed by atoms with E-state index in [2.05, 4.69) is 11.9 Å². The van der Waals surface area contributed by atoms with E-state index in [1.165, 1.54) is 5.56 Å². The van der Waals surface area contributed by atoms with E-state index in [0.717, 1.165) is 27.7 Å². The second kappa shape index (κ2) is 5.97. The standard InChI is InChI=1S/C17H16N2OS/c1-12-2-8-15(9-3-12)20-10-17-19-16(11-21-17)13-4-6-14(18)7-5-13/h2-9,11H,10,18H2,1H3. The van der Waals surface area contributed by atoms with Gasteiger partial charge in [0.05, 0.1) is 5.69 Å². The molecular weight excluding hydrogens is 280 g/mol. The fourth-order valence-corrected chi connectivity index (χ4v) is 2.66. The summed E-state index contributed by atoms with van der Waals surface area (Å²) in [6.45, 7) is 2.55. The van der Waals surface area contributed by atoms with Gasteiger partial charge in [0.25, 0.3) is 0 Å². The predicted octanol–water partition coefficient (Wildman–Crippen LogP) is 4.28. The van der Waals surface area contributed by atoms with Gasteiger partial charge in [-0.3, -0.25) is 0 Å². The first-order chi connectivity index (χ1) is 10.2. The number of nitrogens with two attached hydrogens (primary N) is 1. The minimum Gasteiger partial charge on any atom is -0.486 e. The fraction of sp³-hybridized carbons (Fsp3) is 0.118. The Labute approximate surface area is 128 Å². The highest BCUT2D eigenvalue weighted by molar-refractivity contribution is 7.09. The summed E-state index contributed by atoms with van der Waals surface area (Å²) in [5, 5.41) is 3.00. The minimum atomic E-state index is 0.489. The number of aromatic nitrogens is 1. The Morgan fingerprint density at radius 3 is 2.48 bits per heavy atom. The van der Waals surface area contributed by atoms with E-state index < -0.39 is 0 Å². The highest BCUT2D eigenvalue weighted by atomic mass is 32.1. The van der Waals surface area contributed by atoms with Crippen molar-refractivity contribution in [3.05, 3.63) is 64.5 Å². The van der Waals surface area contributed by atoms with Crippen molar-refractivity contribution in [3.63, 3.8) is 0 Å². The molecule has 1 aromatic heterocycles. The van der Waals surface area contributed by atoms with Gasteiger partial charge in [-0.1, -0.05) is 29.8 Å². The number of hydrogen-bond acceptors (Lipinski definition) is 4. The van der Waals surface area contributed by atoms with Gasteiger partial charge in [0.15, 0.2) is 0 Å². The van der Waals surface area contributed by atoms with Gasteiger partial charge < -0.3 is 10.5 Å². The number of benzene rings is 2. The first-order valence-corrected chi connectivity index (χ1v) is 7.58. The molecule has 0 saturated heterocycles. The van der Waals surface area contributed by atoms with Crippen molar-refractivity contribution < 1.29 is 4.74 Å². The Hall–Kier alpha value is -2.33. The van der Waals surface area contributed by atoms with Gasteiger partial charge in [0.1, 0.15) is 17.4 Å². The Balaban J connectivity index is 1.67. The summed E-state index contributed by atoms with van der Waals surface area (Å²) < 4.78 is 5.74. The normalized spacial score (nSPS) is 10.5. The average Bonchev–Trinajstić information content (AvgIpc) is 2.96. The van der Waals surface area contributed by atoms with Gasteiger partial charge in [-0.15, -0.1) is 11.3 Å². The molecule has 0 fully saturated rings. The molecule has 2 N–H and O–H groups in total. The fourth-order valence-electron chi connectivity index (χ4n) is 1.94. The molecule has 21 heavy (non-hydrogen) atoms. The van der Waals surface area contributed by atoms with E-state index in [-0.39, 0.29) is 0 Å². The SMILES string of the molecule is Cc1ccc(OCc2nc(-c3ccc(N)cc3)cs2)cc1. The van der Waals surface area contributed by atoms with E-state index in [1.807, 2.05) is 53.9 Å². The molecule has 0 amide bonds. The van der Waals surface area contributed by atoms with Crippen LogP contribution < -0.4 is 10.5 Å². The first-order valence-electron chi connectivity index (χ1n) is 6.70. The maximum absolute atomic E-state index is 5.74. The lowest BCUT2D eigenvalue weighted by Gasteiger charge is -2.03. The van der Waals surface area contributed by atoms with Crippen molar-refractivity contribution in [2.45, 2.75) is 13.5 Å². The van der Waals surface area contributed by atoms with Crippen molar-refractivity contribution in [2.24, 2.45) is 0 Å². The highest BCUT2D eigenvalue weighted by Gasteiger charge is 2.05. The van der Waals surface area contributed by atoms with Crippen LogP contribution in [0.2, 0.25) is 0 Å². The van der Waals surface area contributed by atoms with Gasteiger partial charge in [-0.2, -0.15) is 0 Å². The molecule has 0 aliphatic heterocycles. The smallest absolute Gasteiger partial charge is 0.140 e. The van der Waals surface area contributed by atoms with Crippen molar-refractivity contribution in [2.75, 3.05) is 5.73 Å². The third kappa shape index (κ3) is 3.41. The monoisotopic (exact) mass is 296 g/mol. The van der Waals surface area contributed by atoms with Gasteiger partial charge in [0.2, 0.25) is 0 Å². The van der Waals surface area contributed by atoms with Crippen LogP contribution in [-0.4, -0.2) is 4.98 Å². The van der Waals surface area contributed by atoms with Crippen LogP contribution in [-0.2, 0) is 6.61 Å². The minimum absolute atomic E-state index is 0.489. The maximum atomic E-state index is 5.74. The Morgan fingerprint density at radius 1 is 1.05 bits per heavy atom. The molecule has 0 radical (unpaired) electrons. The third-order valence-electron chi connectivity index (χ3n) is 3.14. The third-order valence-corrected chi connectivity index (χ3v) is 3.96. The molecule has 3 aromatic rings. The molecule has 4 heteroatoms. The maximum Gasteiger partial charge on any atom is 0.140 e. The topological polar surface area (TPSA) is 48.1 Å². The summed E-state index contributed by atoms with van der Waals surface area (Å²) in [6.07, 6.45) is 0. The zero-order chi connectivity index (χ0) is 14.7. The Morgan fingerprint density at radius 2 is 1.76 bits per heavy atom. The van der Waals surface area contributed by atoms with Crippen LogP contribution in [0.1, 0.15) is 10.6 Å². The zero-order valence-electron chi connectivity index (χ0n) is 11.7. The van der Waals surface area contributed by atoms with E-state index >= 15 is 0 Å². The summed E-state index contributed by atoms with van der Waals surface area (Å²) in [4.78, 5) is 4.60. The van der Waals surface area contributed by atoms with Crippen LogP contribution >= 0.6 is 11.3 Å². The molecule has 1 heterocycles. The van der Waals surface area contributed by atoms with Crippen molar-refractivity contribution in [1.82, 2.24) is 4.98 Å². The van der Waals surface area contributed by atoms with E-state index in [9.17, 15) is 0 Å². The number of rotatable bonds is 4. The summed E-state index contributed by atoms with van der Waals surface area (Å²) >= 11 is 1.60. The van der Waals surface area contributed by atoms with Crippen LogP contribution in [0.25, 0.3) is 11.3 Å². The summed E-state index contributed by atoms with van der Waals surface area (Å²) in [5.74, 6) is 0.866. The molecule has 0 aliphatic rings. The zero-order valence-corrected chi connectivity index (χ0v) is 12.6. The molecule has 0 unspecified atom stereocenters. The predicted molar refractivity (Wildman–Crippen MR) is 87.5 cm³/mol. The molecule has 0 atom stereocenters. The number of ether oxygens (including phenoxy) is 1. The van der Waals surface area contributed by atoms with Crippen LogP contribution in [0, 0.1) is 6.92 Å². The number of nitrogens with zero attached hydrogens (tertiary/aromatic N) is 1. The first kappa shape index (κ1) is 13.6. The van der Waals surface area contributed by atoms with Gasteiger partial charge in [-0.25, -0.2) is 4.98 Å². The van der Waals surface area contributed by atoms with Crippen LogP contribution in [0.3, 0.4) is 0 Å². The average molecular weight is 296 g/mol. The molecule has 2 aromatic carbocycles. The molecule has 3 rings (SSSR count). The van der Waals surface area contributed by atoms with E-state index in [0.29, 0.717) is 6.61 Å². The van der Waals surface area contributed by atoms with Crippen LogP contribution in [0.15, 0.2) is 53.9 Å². The second-order valence-corrected chi connectivity index (χ2v) is 5.79. The van der Waals surface area contributed by atoms with Crippen molar-refractivity contribution in [3.8, 4) is 17.0 Å². The van der Waals surface area contributed by atoms with Gasteiger partial charge in [0, 0.05) is 16.6 Å². The molecular formula is C17H16N2OS. The number of thiazole rings is 1. The van der Waals surface area contributed by atoms with Gasteiger partial charge >= 0.3 is 0 Å². The molecule has 0 bridgehead atoms. The van der Waals surface area contributed by atoms with E-state index in [1.54, 1.807) is 11.3 Å². The summed E-state index contributed by atoms with van der Waals surface area (Å²) in [5.41, 5.74) is 9.71. The number of nitrogen functional groups attached to an aromatic ring is 1.